The van der Waals surface area contributed by atoms with Gasteiger partial charge >= 0.3 is 0 Å². The lowest BCUT2D eigenvalue weighted by atomic mass is 10.0. The highest BCUT2D eigenvalue weighted by Crippen LogP contribution is 2.29. The quantitative estimate of drug-likeness (QED) is 0.798. The number of nitriles is 2. The predicted octanol–water partition coefficient (Wildman–Crippen LogP) is 1.54. The van der Waals surface area contributed by atoms with Crippen molar-refractivity contribution in [3.8, 4) is 12.1 Å². The summed E-state index contributed by atoms with van der Waals surface area (Å²) in [5, 5.41) is 17.1. The van der Waals surface area contributed by atoms with Crippen LogP contribution in [0.25, 0.3) is 0 Å². The van der Waals surface area contributed by atoms with Crippen molar-refractivity contribution >= 4 is 5.82 Å². The van der Waals surface area contributed by atoms with Crippen LogP contribution in [0.15, 0.2) is 6.20 Å². The Balaban J connectivity index is 3.47. The van der Waals surface area contributed by atoms with E-state index in [9.17, 15) is 8.78 Å². The largest absolute Gasteiger partial charge is 0.383 e. The summed E-state index contributed by atoms with van der Waals surface area (Å²) in [6, 6.07) is 3.30. The van der Waals surface area contributed by atoms with E-state index in [0.717, 1.165) is 6.20 Å². The van der Waals surface area contributed by atoms with Crippen molar-refractivity contribution < 1.29 is 8.78 Å². The number of nitrogens with two attached hydrogens (primary N) is 1. The summed E-state index contributed by atoms with van der Waals surface area (Å²) in [6.45, 7) is 0. The maximum absolute atomic E-state index is 12.6. The molecule has 1 rings (SSSR count). The molecule has 0 aliphatic heterocycles. The van der Waals surface area contributed by atoms with Crippen molar-refractivity contribution in [2.45, 2.75) is 12.8 Å². The Morgan fingerprint density at radius 2 is 2.13 bits per heavy atom. The maximum atomic E-state index is 12.6. The zero-order valence-corrected chi connectivity index (χ0v) is 7.54. The number of rotatable bonds is 2. The highest BCUT2D eigenvalue weighted by molar-refractivity contribution is 5.53. The lowest BCUT2D eigenvalue weighted by Gasteiger charge is -2.09. The van der Waals surface area contributed by atoms with E-state index in [-0.39, 0.29) is 23.4 Å². The smallest absolute Gasteiger partial charge is 0.265 e. The Kier molecular flexibility index (Phi) is 3.14. The monoisotopic (exact) mass is 208 g/mol. The normalized spacial score (nSPS) is 9.67. The lowest BCUT2D eigenvalue weighted by Crippen LogP contribution is -2.05. The van der Waals surface area contributed by atoms with Gasteiger partial charge in [-0.15, -0.1) is 0 Å². The molecule has 0 atom stereocenters. The highest BCUT2D eigenvalue weighted by atomic mass is 19.3. The molecule has 0 aliphatic carbocycles. The van der Waals surface area contributed by atoms with Gasteiger partial charge in [-0.05, 0) is 0 Å². The Morgan fingerprint density at radius 1 is 1.47 bits per heavy atom. The van der Waals surface area contributed by atoms with Crippen LogP contribution in [0.3, 0.4) is 0 Å². The Labute approximate surface area is 84.6 Å². The molecule has 0 aromatic carbocycles. The Morgan fingerprint density at radius 3 is 2.60 bits per heavy atom. The molecule has 0 spiro atoms. The third kappa shape index (κ3) is 2.00. The van der Waals surface area contributed by atoms with Crippen molar-refractivity contribution in [2.75, 3.05) is 5.73 Å². The van der Waals surface area contributed by atoms with E-state index in [4.69, 9.17) is 16.3 Å². The van der Waals surface area contributed by atoms with Crippen LogP contribution in [0.5, 0.6) is 0 Å². The van der Waals surface area contributed by atoms with Gasteiger partial charge in [-0.1, -0.05) is 0 Å². The van der Waals surface area contributed by atoms with Crippen molar-refractivity contribution in [3.63, 3.8) is 0 Å². The predicted molar refractivity (Wildman–Crippen MR) is 47.6 cm³/mol. The van der Waals surface area contributed by atoms with Crippen LogP contribution in [-0.2, 0) is 6.42 Å². The summed E-state index contributed by atoms with van der Waals surface area (Å²) in [5.74, 6) is -0.133. The first-order chi connectivity index (χ1) is 7.11. The Hall–Kier alpha value is -2.21. The molecule has 0 saturated carbocycles. The first kappa shape index (κ1) is 10.9. The van der Waals surface area contributed by atoms with Crippen LogP contribution >= 0.6 is 0 Å². The van der Waals surface area contributed by atoms with Gasteiger partial charge in [0.1, 0.15) is 11.9 Å². The number of pyridine rings is 1. The molecule has 0 radical (unpaired) electrons. The van der Waals surface area contributed by atoms with Gasteiger partial charge in [0.15, 0.2) is 0 Å². The number of nitrogens with zero attached hydrogens (tertiary/aromatic N) is 3. The molecule has 0 saturated heterocycles. The lowest BCUT2D eigenvalue weighted by molar-refractivity contribution is 0.150. The molecule has 0 fully saturated rings. The fourth-order valence-electron chi connectivity index (χ4n) is 1.19. The van der Waals surface area contributed by atoms with Gasteiger partial charge in [-0.3, -0.25) is 0 Å². The molecule has 76 valence electrons. The fraction of sp³-hybridized carbons (Fsp3) is 0.222. The molecule has 1 aromatic rings. The third-order valence-corrected chi connectivity index (χ3v) is 1.85. The molecule has 4 nitrogen and oxygen atoms in total. The zero-order valence-electron chi connectivity index (χ0n) is 7.54. The standard InChI is InChI=1S/C9H6F2N4/c10-8(11)7-5(3-13)4-15-9(14)6(7)1-2-12/h4,8H,1H2,(H2,14,15). The summed E-state index contributed by atoms with van der Waals surface area (Å²) < 4.78 is 25.3. The minimum atomic E-state index is -2.84. The van der Waals surface area contributed by atoms with E-state index in [1.54, 1.807) is 12.1 Å². The summed E-state index contributed by atoms with van der Waals surface area (Å²) in [4.78, 5) is 3.58. The molecule has 0 aliphatic rings. The van der Waals surface area contributed by atoms with Gasteiger partial charge < -0.3 is 5.73 Å². The number of halogens is 2. The maximum Gasteiger partial charge on any atom is 0.265 e. The highest BCUT2D eigenvalue weighted by Gasteiger charge is 2.20. The molecule has 0 amide bonds. The molecule has 0 unspecified atom stereocenters. The number of nitrogen functional groups attached to an aromatic ring is 1. The second-order valence-electron chi connectivity index (χ2n) is 2.70. The summed E-state index contributed by atoms with van der Waals surface area (Å²) in [6.07, 6.45) is -2.14. The fourth-order valence-corrected chi connectivity index (χ4v) is 1.19. The van der Waals surface area contributed by atoms with E-state index in [0.29, 0.717) is 0 Å². The Bertz CT molecular complexity index is 456. The van der Waals surface area contributed by atoms with Crippen LogP contribution in [0.4, 0.5) is 14.6 Å². The van der Waals surface area contributed by atoms with Crippen LogP contribution in [0, 0.1) is 22.7 Å². The topological polar surface area (TPSA) is 86.5 Å². The van der Waals surface area contributed by atoms with E-state index in [1.165, 1.54) is 0 Å². The average molecular weight is 208 g/mol. The molecule has 15 heavy (non-hydrogen) atoms. The second kappa shape index (κ2) is 4.34. The summed E-state index contributed by atoms with van der Waals surface area (Å²) >= 11 is 0. The second-order valence-corrected chi connectivity index (χ2v) is 2.70. The third-order valence-electron chi connectivity index (χ3n) is 1.85. The van der Waals surface area contributed by atoms with Gasteiger partial charge in [0.05, 0.1) is 18.1 Å². The molecule has 1 heterocycles. The van der Waals surface area contributed by atoms with Crippen LogP contribution < -0.4 is 5.73 Å². The van der Waals surface area contributed by atoms with Crippen molar-refractivity contribution in [3.05, 3.63) is 22.9 Å². The van der Waals surface area contributed by atoms with Crippen molar-refractivity contribution in [1.82, 2.24) is 4.98 Å². The number of hydrogen-bond donors (Lipinski definition) is 1. The van der Waals surface area contributed by atoms with Crippen molar-refractivity contribution in [2.24, 2.45) is 0 Å². The molecule has 0 bridgehead atoms. The minimum Gasteiger partial charge on any atom is -0.383 e. The molecular formula is C9H6F2N4. The van der Waals surface area contributed by atoms with E-state index < -0.39 is 12.0 Å². The average Bonchev–Trinajstić information content (AvgIpc) is 2.20. The SMILES string of the molecule is N#CCc1c(N)ncc(C#N)c1C(F)F. The van der Waals surface area contributed by atoms with Gasteiger partial charge in [0.25, 0.3) is 6.43 Å². The van der Waals surface area contributed by atoms with Crippen LogP contribution in [0.2, 0.25) is 0 Å². The summed E-state index contributed by atoms with van der Waals surface area (Å²) in [5.41, 5.74) is 4.56. The van der Waals surface area contributed by atoms with E-state index >= 15 is 0 Å². The van der Waals surface area contributed by atoms with Gasteiger partial charge in [-0.2, -0.15) is 10.5 Å². The molecule has 6 heteroatoms. The number of anilines is 1. The van der Waals surface area contributed by atoms with E-state index in [2.05, 4.69) is 4.98 Å². The number of alkyl halides is 2. The van der Waals surface area contributed by atoms with E-state index in [1.807, 2.05) is 0 Å². The first-order valence-electron chi connectivity index (χ1n) is 3.94. The summed E-state index contributed by atoms with van der Waals surface area (Å²) in [7, 11) is 0. The minimum absolute atomic E-state index is 0.0634. The number of aromatic nitrogens is 1. The zero-order chi connectivity index (χ0) is 11.4. The van der Waals surface area contributed by atoms with Gasteiger partial charge in [0.2, 0.25) is 0 Å². The molecule has 2 N–H and O–H groups in total. The van der Waals surface area contributed by atoms with Crippen LogP contribution in [-0.4, -0.2) is 4.98 Å². The molecular weight excluding hydrogens is 202 g/mol. The first-order valence-corrected chi connectivity index (χ1v) is 3.94. The van der Waals surface area contributed by atoms with Crippen LogP contribution in [0.1, 0.15) is 23.1 Å². The van der Waals surface area contributed by atoms with Gasteiger partial charge in [-0.25, -0.2) is 13.8 Å². The number of hydrogen-bond acceptors (Lipinski definition) is 4. The molecule has 1 aromatic heterocycles. The van der Waals surface area contributed by atoms with Gasteiger partial charge in [0, 0.05) is 17.3 Å². The van der Waals surface area contributed by atoms with Crippen molar-refractivity contribution in [1.29, 1.82) is 10.5 Å².